The molecule has 7 heteroatoms. The van der Waals surface area contributed by atoms with Crippen LogP contribution in [0, 0.1) is 0 Å². The summed E-state index contributed by atoms with van der Waals surface area (Å²) in [6, 6.07) is -0.0451. The maximum absolute atomic E-state index is 9.90. The van der Waals surface area contributed by atoms with Crippen LogP contribution in [0.3, 0.4) is 0 Å². The smallest absolute Gasteiger partial charge is 0.286 e. The highest BCUT2D eigenvalue weighted by Crippen LogP contribution is 2.37. The number of thioether (sulfide) groups is 1. The number of rotatable bonds is 3. The van der Waals surface area contributed by atoms with Crippen molar-refractivity contribution in [1.29, 1.82) is 0 Å². The lowest BCUT2D eigenvalue weighted by Gasteiger charge is -2.36. The van der Waals surface area contributed by atoms with Crippen molar-refractivity contribution >= 4 is 17.8 Å². The number of hydrogen-bond acceptors (Lipinski definition) is 7. The molecule has 1 fully saturated rings. The summed E-state index contributed by atoms with van der Waals surface area (Å²) in [6.07, 6.45) is -1.00. The number of aliphatic hydroxyl groups excluding tert-OH is 3. The summed E-state index contributed by atoms with van der Waals surface area (Å²) in [5.74, 6) is 0. The normalized spacial score (nSPS) is 40.5. The van der Waals surface area contributed by atoms with Gasteiger partial charge in [0.2, 0.25) is 0 Å². The first-order chi connectivity index (χ1) is 8.17. The Balaban J connectivity index is 2.01. The second-order valence-corrected chi connectivity index (χ2v) is 5.52. The van der Waals surface area contributed by atoms with Gasteiger partial charge in [0, 0.05) is 6.54 Å². The summed E-state index contributed by atoms with van der Waals surface area (Å²) in [7, 11) is 0. The second-order valence-electron chi connectivity index (χ2n) is 4.18. The fourth-order valence-electron chi connectivity index (χ4n) is 1.90. The number of amidine groups is 1. The van der Waals surface area contributed by atoms with Gasteiger partial charge in [0.1, 0.15) is 12.1 Å². The first-order valence-electron chi connectivity index (χ1n) is 5.78. The van der Waals surface area contributed by atoms with Crippen LogP contribution in [-0.4, -0.2) is 63.4 Å². The molecule has 0 amide bonds. The van der Waals surface area contributed by atoms with Crippen molar-refractivity contribution < 1.29 is 20.1 Å². The molecule has 2 rings (SSSR count). The average molecular weight is 262 g/mol. The van der Waals surface area contributed by atoms with Gasteiger partial charge in [-0.2, -0.15) is 0 Å². The summed E-state index contributed by atoms with van der Waals surface area (Å²) in [5, 5.41) is 31.4. The molecule has 2 aliphatic rings. The molecule has 17 heavy (non-hydrogen) atoms. The van der Waals surface area contributed by atoms with Crippen LogP contribution in [0.25, 0.3) is 0 Å². The van der Waals surface area contributed by atoms with Gasteiger partial charge in [0.25, 0.3) is 6.02 Å². The molecule has 0 aromatic carbocycles. The topological polar surface area (TPSA) is 94.3 Å². The van der Waals surface area contributed by atoms with E-state index in [1.54, 1.807) is 0 Å². The Labute approximate surface area is 104 Å². The number of nitrogens with one attached hydrogen (secondary N) is 1. The van der Waals surface area contributed by atoms with E-state index >= 15 is 0 Å². The number of hydrogen-bond donors (Lipinski definition) is 4. The van der Waals surface area contributed by atoms with E-state index in [1.807, 2.05) is 6.92 Å². The van der Waals surface area contributed by atoms with Crippen LogP contribution in [0.5, 0.6) is 0 Å². The number of fused-ring (bicyclic) bond motifs is 1. The highest BCUT2D eigenvalue weighted by Gasteiger charge is 2.48. The molecule has 98 valence electrons. The van der Waals surface area contributed by atoms with Gasteiger partial charge in [-0.3, -0.25) is 0 Å². The fourth-order valence-corrected chi connectivity index (χ4v) is 3.18. The third-order valence-electron chi connectivity index (χ3n) is 2.87. The van der Waals surface area contributed by atoms with Crippen molar-refractivity contribution in [2.75, 3.05) is 13.2 Å². The molecule has 0 radical (unpaired) electrons. The van der Waals surface area contributed by atoms with Gasteiger partial charge in [-0.1, -0.05) is 6.92 Å². The van der Waals surface area contributed by atoms with Gasteiger partial charge in [0.15, 0.2) is 5.44 Å². The van der Waals surface area contributed by atoms with Gasteiger partial charge < -0.3 is 25.4 Å². The molecule has 2 aliphatic heterocycles. The molecule has 2 heterocycles. The van der Waals surface area contributed by atoms with Crippen LogP contribution in [0.4, 0.5) is 0 Å². The van der Waals surface area contributed by atoms with E-state index in [2.05, 4.69) is 10.3 Å². The zero-order valence-corrected chi connectivity index (χ0v) is 10.4. The first-order valence-corrected chi connectivity index (χ1v) is 6.72. The van der Waals surface area contributed by atoms with Gasteiger partial charge in [-0.25, -0.2) is 4.99 Å². The van der Waals surface area contributed by atoms with Gasteiger partial charge in [0.05, 0.1) is 18.0 Å². The first kappa shape index (κ1) is 12.9. The molecule has 0 spiro atoms. The maximum Gasteiger partial charge on any atom is 0.286 e. The third kappa shape index (κ3) is 2.52. The minimum absolute atomic E-state index is 0.187. The summed E-state index contributed by atoms with van der Waals surface area (Å²) < 4.78 is 5.54. The van der Waals surface area contributed by atoms with Crippen LogP contribution in [-0.2, 0) is 4.74 Å². The van der Waals surface area contributed by atoms with Crippen molar-refractivity contribution in [2.24, 2.45) is 4.99 Å². The number of aliphatic hydroxyl groups is 3. The van der Waals surface area contributed by atoms with Crippen LogP contribution < -0.4 is 5.32 Å². The third-order valence-corrected chi connectivity index (χ3v) is 4.29. The minimum Gasteiger partial charge on any atom is -0.448 e. The highest BCUT2D eigenvalue weighted by molar-refractivity contribution is 8.00. The van der Waals surface area contributed by atoms with Gasteiger partial charge in [-0.05, 0) is 6.42 Å². The second kappa shape index (κ2) is 5.43. The molecule has 0 unspecified atom stereocenters. The largest absolute Gasteiger partial charge is 0.448 e. The van der Waals surface area contributed by atoms with Crippen LogP contribution >= 0.6 is 11.8 Å². The molecule has 0 bridgehead atoms. The molecule has 6 nitrogen and oxygen atoms in total. The number of aliphatic imine (C=N–C) groups is 1. The molecule has 0 aromatic heterocycles. The Hall–Kier alpha value is -0.500. The van der Waals surface area contributed by atoms with E-state index in [4.69, 9.17) is 9.84 Å². The molecule has 0 saturated carbocycles. The molecule has 4 N–H and O–H groups in total. The fraction of sp³-hybridized carbons (Fsp3) is 0.900. The zero-order valence-electron chi connectivity index (χ0n) is 9.61. The predicted molar refractivity (Wildman–Crippen MR) is 64.9 cm³/mol. The quantitative estimate of drug-likeness (QED) is 0.516. The molecule has 0 aromatic rings. The predicted octanol–water partition coefficient (Wildman–Crippen LogP) is -1.10. The SMILES string of the molecule is CCCNC1=N[C@@H]2[C@@H](O)[C@H](O)[C@@H](CO)S[C@@H]2O1. The minimum atomic E-state index is -0.987. The highest BCUT2D eigenvalue weighted by atomic mass is 32.2. The number of ether oxygens (including phenoxy) is 1. The average Bonchev–Trinajstić information content (AvgIpc) is 2.74. The Morgan fingerprint density at radius 1 is 1.41 bits per heavy atom. The van der Waals surface area contributed by atoms with Gasteiger partial charge in [-0.15, -0.1) is 11.8 Å². The summed E-state index contributed by atoms with van der Waals surface area (Å²) in [5.41, 5.74) is -0.329. The van der Waals surface area contributed by atoms with Crippen LogP contribution in [0.2, 0.25) is 0 Å². The Bertz CT molecular complexity index is 302. The monoisotopic (exact) mass is 262 g/mol. The maximum atomic E-state index is 9.90. The number of nitrogens with zero attached hydrogens (tertiary/aromatic N) is 1. The van der Waals surface area contributed by atoms with E-state index in [-0.39, 0.29) is 12.0 Å². The molecule has 5 atom stereocenters. The van der Waals surface area contributed by atoms with Crippen LogP contribution in [0.1, 0.15) is 13.3 Å². The lowest BCUT2D eigenvalue weighted by Crippen LogP contribution is -2.52. The summed E-state index contributed by atoms with van der Waals surface area (Å²) >= 11 is 1.31. The molecule has 0 aliphatic carbocycles. The van der Waals surface area contributed by atoms with Crippen molar-refractivity contribution in [1.82, 2.24) is 5.32 Å². The zero-order chi connectivity index (χ0) is 12.4. The Morgan fingerprint density at radius 2 is 2.18 bits per heavy atom. The summed E-state index contributed by atoms with van der Waals surface area (Å²) in [4.78, 5) is 4.22. The lowest BCUT2D eigenvalue weighted by atomic mass is 10.0. The van der Waals surface area contributed by atoms with Gasteiger partial charge >= 0.3 is 0 Å². The van der Waals surface area contributed by atoms with Crippen LogP contribution in [0.15, 0.2) is 4.99 Å². The standard InChI is InChI=1S/C10H18N2O4S/c1-2-3-11-10-12-6-8(15)7(14)5(4-13)17-9(6)16-10/h5-9,13-15H,2-4H2,1H3,(H,11,12)/t5-,6-,7-,8-,9+/m1/s1. The van der Waals surface area contributed by atoms with E-state index in [1.165, 1.54) is 11.8 Å². The molecule has 1 saturated heterocycles. The molecular formula is C10H18N2O4S. The van der Waals surface area contributed by atoms with Crippen molar-refractivity contribution in [3.63, 3.8) is 0 Å². The van der Waals surface area contributed by atoms with E-state index in [9.17, 15) is 10.2 Å². The van der Waals surface area contributed by atoms with Crippen molar-refractivity contribution in [3.8, 4) is 0 Å². The van der Waals surface area contributed by atoms with Crippen molar-refractivity contribution in [2.45, 2.75) is 42.3 Å². The molecular weight excluding hydrogens is 244 g/mol. The lowest BCUT2D eigenvalue weighted by molar-refractivity contribution is -0.0192. The van der Waals surface area contributed by atoms with E-state index in [0.717, 1.165) is 13.0 Å². The Morgan fingerprint density at radius 3 is 2.82 bits per heavy atom. The van der Waals surface area contributed by atoms with E-state index in [0.29, 0.717) is 6.02 Å². The summed E-state index contributed by atoms with van der Waals surface area (Å²) in [6.45, 7) is 2.60. The van der Waals surface area contributed by atoms with E-state index < -0.39 is 23.5 Å². The van der Waals surface area contributed by atoms with Crippen molar-refractivity contribution in [3.05, 3.63) is 0 Å². The Kier molecular flexibility index (Phi) is 4.13.